The van der Waals surface area contributed by atoms with Crippen LogP contribution in [0.25, 0.3) is 0 Å². The van der Waals surface area contributed by atoms with Crippen molar-refractivity contribution in [2.24, 2.45) is 5.73 Å². The number of hydrogen-bond acceptors (Lipinski definition) is 4. The normalized spacial score (nSPS) is 13.5. The molecule has 98 valence electrons. The van der Waals surface area contributed by atoms with Crippen molar-refractivity contribution in [2.45, 2.75) is 25.5 Å². The summed E-state index contributed by atoms with van der Waals surface area (Å²) >= 11 is 0. The van der Waals surface area contributed by atoms with Gasteiger partial charge in [0.1, 0.15) is 17.9 Å². The maximum absolute atomic E-state index is 11.2. The Morgan fingerprint density at radius 3 is 2.56 bits per heavy atom. The Labute approximate surface area is 107 Å². The fourth-order valence-electron chi connectivity index (χ4n) is 1.46. The van der Waals surface area contributed by atoms with Gasteiger partial charge in [-0.15, -0.1) is 0 Å². The van der Waals surface area contributed by atoms with Gasteiger partial charge in [-0.25, -0.2) is 0 Å². The highest BCUT2D eigenvalue weighted by Crippen LogP contribution is 2.15. The van der Waals surface area contributed by atoms with Gasteiger partial charge in [0, 0.05) is 0 Å². The van der Waals surface area contributed by atoms with E-state index in [9.17, 15) is 4.79 Å². The zero-order valence-corrected chi connectivity index (χ0v) is 10.8. The Hall–Kier alpha value is -1.81. The summed E-state index contributed by atoms with van der Waals surface area (Å²) in [5.41, 5.74) is 6.65. The van der Waals surface area contributed by atoms with Crippen LogP contribution in [-0.4, -0.2) is 25.2 Å². The van der Waals surface area contributed by atoms with Gasteiger partial charge in [-0.3, -0.25) is 4.79 Å². The lowest BCUT2D eigenvalue weighted by Crippen LogP contribution is -2.33. The molecule has 0 radical (unpaired) electrons. The van der Waals surface area contributed by atoms with Crippen LogP contribution in [0.2, 0.25) is 0 Å². The van der Waals surface area contributed by atoms with E-state index in [-0.39, 0.29) is 6.10 Å². The monoisotopic (exact) mass is 249 g/mol. The molecule has 0 fully saturated rings. The van der Waals surface area contributed by atoms with Gasteiger partial charge in [-0.2, -0.15) is 0 Å². The van der Waals surface area contributed by atoms with E-state index < -0.39 is 12.0 Å². The zero-order chi connectivity index (χ0) is 13.5. The molecule has 0 aliphatic heterocycles. The van der Waals surface area contributed by atoms with Gasteiger partial charge in [0.2, 0.25) is 0 Å². The first kappa shape index (κ1) is 14.3. The maximum Gasteiger partial charge on any atom is 0.322 e. The van der Waals surface area contributed by atoms with E-state index in [0.29, 0.717) is 6.42 Å². The van der Waals surface area contributed by atoms with Crippen molar-refractivity contribution < 1.29 is 14.3 Å². The van der Waals surface area contributed by atoms with E-state index in [1.807, 2.05) is 31.2 Å². The first-order valence-corrected chi connectivity index (χ1v) is 5.78. The van der Waals surface area contributed by atoms with Crippen molar-refractivity contribution in [3.05, 3.63) is 42.5 Å². The van der Waals surface area contributed by atoms with E-state index in [1.165, 1.54) is 7.11 Å². The Morgan fingerprint density at radius 1 is 1.44 bits per heavy atom. The van der Waals surface area contributed by atoms with Gasteiger partial charge in [0.15, 0.2) is 0 Å². The highest BCUT2D eigenvalue weighted by molar-refractivity contribution is 5.75. The number of hydrogen-bond donors (Lipinski definition) is 1. The second kappa shape index (κ2) is 6.81. The number of carbonyl (C=O) groups is 1. The minimum atomic E-state index is -0.631. The summed E-state index contributed by atoms with van der Waals surface area (Å²) < 4.78 is 10.1. The Bertz CT molecular complexity index is 400. The van der Waals surface area contributed by atoms with Gasteiger partial charge < -0.3 is 15.2 Å². The van der Waals surface area contributed by atoms with E-state index >= 15 is 0 Å². The van der Waals surface area contributed by atoms with Crippen LogP contribution in [0.3, 0.4) is 0 Å². The van der Waals surface area contributed by atoms with Crippen LogP contribution < -0.4 is 10.5 Å². The molecule has 2 N–H and O–H groups in total. The predicted octanol–water partition coefficient (Wildman–Crippen LogP) is 1.68. The van der Waals surface area contributed by atoms with Gasteiger partial charge >= 0.3 is 5.97 Å². The van der Waals surface area contributed by atoms with Crippen LogP contribution in [0, 0.1) is 0 Å². The molecule has 0 aliphatic rings. The molecule has 4 nitrogen and oxygen atoms in total. The second-order valence-electron chi connectivity index (χ2n) is 4.04. The smallest absolute Gasteiger partial charge is 0.322 e. The first-order valence-electron chi connectivity index (χ1n) is 5.78. The van der Waals surface area contributed by atoms with Crippen molar-refractivity contribution in [3.8, 4) is 5.75 Å². The summed E-state index contributed by atoms with van der Waals surface area (Å²) in [6.45, 7) is 5.56. The fourth-order valence-corrected chi connectivity index (χ4v) is 1.46. The first-order chi connectivity index (χ1) is 8.56. The van der Waals surface area contributed by atoms with Crippen molar-refractivity contribution >= 4 is 5.97 Å². The summed E-state index contributed by atoms with van der Waals surface area (Å²) in [6.07, 6.45) is 2.14. The quantitative estimate of drug-likeness (QED) is 0.615. The average molecular weight is 249 g/mol. The molecule has 0 spiro atoms. The lowest BCUT2D eigenvalue weighted by Gasteiger charge is -2.12. The van der Waals surface area contributed by atoms with Crippen molar-refractivity contribution in [3.63, 3.8) is 0 Å². The molecular formula is C14H19NO3. The largest absolute Gasteiger partial charge is 0.487 e. The fraction of sp³-hybridized carbons (Fsp3) is 0.357. The Kier molecular flexibility index (Phi) is 5.39. The van der Waals surface area contributed by atoms with E-state index in [4.69, 9.17) is 10.5 Å². The topological polar surface area (TPSA) is 61.5 Å². The number of nitrogens with two attached hydrogens (primary N) is 1. The highest BCUT2D eigenvalue weighted by atomic mass is 16.5. The minimum Gasteiger partial charge on any atom is -0.487 e. The molecule has 1 rings (SSSR count). The molecule has 4 heteroatoms. The van der Waals surface area contributed by atoms with Gasteiger partial charge in [0.05, 0.1) is 7.11 Å². The average Bonchev–Trinajstić information content (AvgIpc) is 2.39. The third-order valence-electron chi connectivity index (χ3n) is 2.54. The SMILES string of the molecule is C=CC(C)Oc1ccc(CC(N)C(=O)OC)cc1. The molecule has 2 unspecified atom stereocenters. The number of rotatable bonds is 6. The highest BCUT2D eigenvalue weighted by Gasteiger charge is 2.14. The van der Waals surface area contributed by atoms with Gasteiger partial charge in [0.25, 0.3) is 0 Å². The van der Waals surface area contributed by atoms with Crippen LogP contribution in [0.5, 0.6) is 5.75 Å². The Morgan fingerprint density at radius 2 is 2.06 bits per heavy atom. The minimum absolute atomic E-state index is 0.0341. The van der Waals surface area contributed by atoms with Crippen LogP contribution in [0.1, 0.15) is 12.5 Å². The molecule has 2 atom stereocenters. The van der Waals surface area contributed by atoms with E-state index in [2.05, 4.69) is 11.3 Å². The molecule has 18 heavy (non-hydrogen) atoms. The van der Waals surface area contributed by atoms with E-state index in [1.54, 1.807) is 6.08 Å². The molecule has 0 saturated carbocycles. The van der Waals surface area contributed by atoms with Crippen LogP contribution in [0.15, 0.2) is 36.9 Å². The lowest BCUT2D eigenvalue weighted by molar-refractivity contribution is -0.142. The van der Waals surface area contributed by atoms with Crippen molar-refractivity contribution in [2.75, 3.05) is 7.11 Å². The second-order valence-corrected chi connectivity index (χ2v) is 4.04. The van der Waals surface area contributed by atoms with Gasteiger partial charge in [-0.05, 0) is 31.0 Å². The molecule has 0 bridgehead atoms. The molecule has 0 aliphatic carbocycles. The molecule has 0 aromatic heterocycles. The lowest BCUT2D eigenvalue weighted by atomic mass is 10.1. The third kappa shape index (κ3) is 4.22. The number of esters is 1. The predicted molar refractivity (Wildman–Crippen MR) is 70.4 cm³/mol. The Balaban J connectivity index is 2.60. The number of carbonyl (C=O) groups excluding carboxylic acids is 1. The molecule has 1 aromatic carbocycles. The van der Waals surface area contributed by atoms with Crippen LogP contribution in [-0.2, 0) is 16.0 Å². The summed E-state index contributed by atoms with van der Waals surface area (Å²) in [4.78, 5) is 11.2. The number of methoxy groups -OCH3 is 1. The maximum atomic E-state index is 11.2. The zero-order valence-electron chi connectivity index (χ0n) is 10.8. The molecule has 0 saturated heterocycles. The van der Waals surface area contributed by atoms with Gasteiger partial charge in [-0.1, -0.05) is 24.8 Å². The molecule has 0 heterocycles. The standard InChI is InChI=1S/C14H19NO3/c1-4-10(2)18-12-7-5-11(6-8-12)9-13(15)14(16)17-3/h4-8,10,13H,1,9,15H2,2-3H3. The third-order valence-corrected chi connectivity index (χ3v) is 2.54. The summed E-state index contributed by atoms with van der Waals surface area (Å²) in [7, 11) is 1.33. The summed E-state index contributed by atoms with van der Waals surface area (Å²) in [5, 5.41) is 0. The van der Waals surface area contributed by atoms with E-state index in [0.717, 1.165) is 11.3 Å². The molecule has 0 amide bonds. The number of benzene rings is 1. The van der Waals surface area contributed by atoms with Crippen molar-refractivity contribution in [1.82, 2.24) is 0 Å². The van der Waals surface area contributed by atoms with Crippen LogP contribution >= 0.6 is 0 Å². The van der Waals surface area contributed by atoms with Crippen LogP contribution in [0.4, 0.5) is 0 Å². The number of ether oxygens (including phenoxy) is 2. The summed E-state index contributed by atoms with van der Waals surface area (Å²) in [6, 6.07) is 6.83. The molecule has 1 aromatic rings. The van der Waals surface area contributed by atoms with Crippen molar-refractivity contribution in [1.29, 1.82) is 0 Å². The summed E-state index contributed by atoms with van der Waals surface area (Å²) in [5.74, 6) is 0.355. The molecular weight excluding hydrogens is 230 g/mol.